The summed E-state index contributed by atoms with van der Waals surface area (Å²) in [5.41, 5.74) is 6.44. The number of aromatic nitrogens is 1. The molecule has 0 saturated carbocycles. The standard InChI is InChI=1S/C25H27N3O4S/c1-16-12-17(2)21(18(3)13-16)15-28-14-19-8-5-6-9-20(19)23(28)24(29)27-33(30,31)22-10-7-11-26-25(22)32-4/h5-13,23H,14-15H2,1-4H3,(H,27,29). The molecule has 1 aromatic heterocycles. The fourth-order valence-corrected chi connectivity index (χ4v) is 5.66. The molecule has 1 aliphatic rings. The Labute approximate surface area is 194 Å². The van der Waals surface area contributed by atoms with E-state index in [2.05, 4.69) is 42.6 Å². The minimum atomic E-state index is -4.17. The van der Waals surface area contributed by atoms with Gasteiger partial charge in [-0.3, -0.25) is 9.69 Å². The number of amides is 1. The number of nitrogens with one attached hydrogen (secondary N) is 1. The lowest BCUT2D eigenvalue weighted by Crippen LogP contribution is -2.40. The average Bonchev–Trinajstić information content (AvgIpc) is 3.14. The largest absolute Gasteiger partial charge is 0.480 e. The van der Waals surface area contributed by atoms with Crippen LogP contribution in [0, 0.1) is 20.8 Å². The van der Waals surface area contributed by atoms with Crippen molar-refractivity contribution in [3.05, 3.63) is 88.1 Å². The van der Waals surface area contributed by atoms with E-state index >= 15 is 0 Å². The van der Waals surface area contributed by atoms with Crippen LogP contribution >= 0.6 is 0 Å². The minimum Gasteiger partial charge on any atom is -0.480 e. The molecule has 0 saturated heterocycles. The molecule has 1 N–H and O–H groups in total. The summed E-state index contributed by atoms with van der Waals surface area (Å²) in [5.74, 6) is -0.666. The number of hydrogen-bond donors (Lipinski definition) is 1. The Balaban J connectivity index is 1.68. The summed E-state index contributed by atoms with van der Waals surface area (Å²) < 4.78 is 33.4. The molecule has 1 aliphatic heterocycles. The fourth-order valence-electron chi connectivity index (χ4n) is 4.55. The fraction of sp³-hybridized carbons (Fsp3) is 0.280. The van der Waals surface area contributed by atoms with Crippen molar-refractivity contribution in [1.82, 2.24) is 14.6 Å². The average molecular weight is 466 g/mol. The van der Waals surface area contributed by atoms with Crippen LogP contribution in [-0.2, 0) is 27.9 Å². The number of rotatable bonds is 6. The first-order valence-corrected chi connectivity index (χ1v) is 12.1. The Bertz CT molecular complexity index is 1300. The Morgan fingerprint density at radius 1 is 1.12 bits per heavy atom. The molecule has 0 fully saturated rings. The zero-order chi connectivity index (χ0) is 23.8. The van der Waals surface area contributed by atoms with Gasteiger partial charge in [0.1, 0.15) is 10.9 Å². The Morgan fingerprint density at radius 3 is 2.52 bits per heavy atom. The number of pyridine rings is 1. The second-order valence-electron chi connectivity index (χ2n) is 8.36. The molecule has 1 atom stereocenters. The van der Waals surface area contributed by atoms with Gasteiger partial charge < -0.3 is 4.74 Å². The van der Waals surface area contributed by atoms with E-state index in [1.165, 1.54) is 31.0 Å². The maximum atomic E-state index is 13.4. The molecule has 1 amide bonds. The van der Waals surface area contributed by atoms with E-state index in [0.29, 0.717) is 13.1 Å². The molecule has 1 unspecified atom stereocenters. The lowest BCUT2D eigenvalue weighted by molar-refractivity contribution is -0.124. The third-order valence-electron chi connectivity index (χ3n) is 5.99. The number of hydrogen-bond acceptors (Lipinski definition) is 6. The molecule has 172 valence electrons. The summed E-state index contributed by atoms with van der Waals surface area (Å²) in [7, 11) is -2.84. The van der Waals surface area contributed by atoms with Gasteiger partial charge in [-0.05, 0) is 60.7 Å². The number of ether oxygens (including phenoxy) is 1. The zero-order valence-electron chi connectivity index (χ0n) is 19.1. The summed E-state index contributed by atoms with van der Waals surface area (Å²) in [5, 5.41) is 0. The van der Waals surface area contributed by atoms with Crippen LogP contribution in [0.25, 0.3) is 0 Å². The van der Waals surface area contributed by atoms with E-state index in [9.17, 15) is 13.2 Å². The van der Waals surface area contributed by atoms with Crippen molar-refractivity contribution in [2.45, 2.75) is 44.8 Å². The highest BCUT2D eigenvalue weighted by atomic mass is 32.2. The smallest absolute Gasteiger partial charge is 0.269 e. The van der Waals surface area contributed by atoms with E-state index in [-0.39, 0.29) is 10.8 Å². The quantitative estimate of drug-likeness (QED) is 0.599. The van der Waals surface area contributed by atoms with Gasteiger partial charge in [0.25, 0.3) is 15.9 Å². The van der Waals surface area contributed by atoms with E-state index in [4.69, 9.17) is 4.74 Å². The molecule has 3 aromatic rings. The molecule has 0 bridgehead atoms. The van der Waals surface area contributed by atoms with Crippen molar-refractivity contribution in [3.63, 3.8) is 0 Å². The monoisotopic (exact) mass is 465 g/mol. The SMILES string of the molecule is COc1ncccc1S(=O)(=O)NC(=O)C1c2ccccc2CN1Cc1c(C)cc(C)cc1C. The van der Waals surface area contributed by atoms with Gasteiger partial charge in [0, 0.05) is 19.3 Å². The van der Waals surface area contributed by atoms with Crippen LogP contribution in [0.2, 0.25) is 0 Å². The normalized spacial score (nSPS) is 15.8. The first kappa shape index (κ1) is 22.9. The van der Waals surface area contributed by atoms with Crippen molar-refractivity contribution in [3.8, 4) is 5.88 Å². The van der Waals surface area contributed by atoms with Gasteiger partial charge in [-0.15, -0.1) is 0 Å². The molecule has 8 heteroatoms. The van der Waals surface area contributed by atoms with E-state index in [1.807, 2.05) is 29.2 Å². The third-order valence-corrected chi connectivity index (χ3v) is 7.35. The first-order chi connectivity index (χ1) is 15.7. The molecule has 0 spiro atoms. The molecule has 2 heterocycles. The number of methoxy groups -OCH3 is 1. The van der Waals surface area contributed by atoms with Gasteiger partial charge >= 0.3 is 0 Å². The van der Waals surface area contributed by atoms with Crippen molar-refractivity contribution < 1.29 is 17.9 Å². The minimum absolute atomic E-state index is 0.0626. The number of sulfonamides is 1. The maximum Gasteiger partial charge on any atom is 0.269 e. The molecule has 33 heavy (non-hydrogen) atoms. The van der Waals surface area contributed by atoms with Crippen LogP contribution in [0.5, 0.6) is 5.88 Å². The van der Waals surface area contributed by atoms with Gasteiger partial charge in [0.05, 0.1) is 7.11 Å². The van der Waals surface area contributed by atoms with E-state index in [1.54, 1.807) is 0 Å². The summed E-state index contributed by atoms with van der Waals surface area (Å²) in [4.78, 5) is 19.2. The van der Waals surface area contributed by atoms with Crippen LogP contribution in [-0.4, -0.2) is 31.3 Å². The lowest BCUT2D eigenvalue weighted by Gasteiger charge is -2.26. The van der Waals surface area contributed by atoms with E-state index < -0.39 is 22.0 Å². The molecular weight excluding hydrogens is 438 g/mol. The van der Waals surface area contributed by atoms with Crippen molar-refractivity contribution in [2.75, 3.05) is 7.11 Å². The second kappa shape index (κ2) is 8.96. The molecule has 7 nitrogen and oxygen atoms in total. The summed E-state index contributed by atoms with van der Waals surface area (Å²) >= 11 is 0. The zero-order valence-corrected chi connectivity index (χ0v) is 19.9. The van der Waals surface area contributed by atoms with Crippen LogP contribution in [0.1, 0.15) is 39.4 Å². The maximum absolute atomic E-state index is 13.4. The van der Waals surface area contributed by atoms with Crippen LogP contribution in [0.3, 0.4) is 0 Å². The van der Waals surface area contributed by atoms with Crippen LogP contribution in [0.4, 0.5) is 0 Å². The highest BCUT2D eigenvalue weighted by Gasteiger charge is 2.38. The number of benzene rings is 2. The van der Waals surface area contributed by atoms with Crippen molar-refractivity contribution in [2.24, 2.45) is 0 Å². The Hall–Kier alpha value is -3.23. The second-order valence-corrected chi connectivity index (χ2v) is 10.0. The number of carbonyl (C=O) groups is 1. The summed E-state index contributed by atoms with van der Waals surface area (Å²) in [6.07, 6.45) is 1.43. The van der Waals surface area contributed by atoms with Gasteiger partial charge in [0.15, 0.2) is 0 Å². The summed E-state index contributed by atoms with van der Waals surface area (Å²) in [6, 6.07) is 14.0. The van der Waals surface area contributed by atoms with Gasteiger partial charge in [-0.25, -0.2) is 18.1 Å². The third kappa shape index (κ3) is 4.49. The first-order valence-electron chi connectivity index (χ1n) is 10.7. The van der Waals surface area contributed by atoms with Crippen LogP contribution in [0.15, 0.2) is 59.6 Å². The summed E-state index contributed by atoms with van der Waals surface area (Å²) in [6.45, 7) is 7.26. The predicted octanol–water partition coefficient (Wildman–Crippen LogP) is 3.58. The van der Waals surface area contributed by atoms with Gasteiger partial charge in [-0.1, -0.05) is 42.0 Å². The van der Waals surface area contributed by atoms with Crippen molar-refractivity contribution >= 4 is 15.9 Å². The van der Waals surface area contributed by atoms with Gasteiger partial charge in [0.2, 0.25) is 5.88 Å². The Kier molecular flexibility index (Phi) is 6.23. The van der Waals surface area contributed by atoms with Crippen molar-refractivity contribution in [1.29, 1.82) is 0 Å². The van der Waals surface area contributed by atoms with Crippen LogP contribution < -0.4 is 9.46 Å². The molecule has 0 aliphatic carbocycles. The Morgan fingerprint density at radius 2 is 1.82 bits per heavy atom. The lowest BCUT2D eigenvalue weighted by atomic mass is 9.99. The molecule has 4 rings (SSSR count). The molecule has 0 radical (unpaired) electrons. The number of aryl methyl sites for hydroxylation is 3. The number of fused-ring (bicyclic) bond motifs is 1. The predicted molar refractivity (Wildman–Crippen MR) is 125 cm³/mol. The molecule has 2 aromatic carbocycles. The topological polar surface area (TPSA) is 88.6 Å². The van der Waals surface area contributed by atoms with E-state index in [0.717, 1.165) is 27.8 Å². The molecular formula is C25H27N3O4S. The number of carbonyl (C=O) groups excluding carboxylic acids is 1. The highest BCUT2D eigenvalue weighted by molar-refractivity contribution is 7.90. The number of nitrogens with zero attached hydrogens (tertiary/aromatic N) is 2. The highest BCUT2D eigenvalue weighted by Crippen LogP contribution is 2.36. The van der Waals surface area contributed by atoms with Gasteiger partial charge in [-0.2, -0.15) is 0 Å².